The lowest BCUT2D eigenvalue weighted by Gasteiger charge is -2.29. The number of fused-ring (bicyclic) bond motifs is 2. The molecule has 0 heterocycles. The topological polar surface area (TPSA) is 48.1 Å². The van der Waals surface area contributed by atoms with Gasteiger partial charge < -0.3 is 21.3 Å². The van der Waals surface area contributed by atoms with Gasteiger partial charge in [-0.05, 0) is 147 Å². The van der Waals surface area contributed by atoms with Gasteiger partial charge in [-0.25, -0.2) is 0 Å². The van der Waals surface area contributed by atoms with E-state index in [-0.39, 0.29) is 22.4 Å². The predicted octanol–water partition coefficient (Wildman–Crippen LogP) is 12.8. The first-order valence-corrected chi connectivity index (χ1v) is 17.9. The summed E-state index contributed by atoms with van der Waals surface area (Å²) in [4.78, 5) is 0. The van der Waals surface area contributed by atoms with E-state index in [1.165, 1.54) is 0 Å². The van der Waals surface area contributed by atoms with Crippen LogP contribution in [0.2, 0.25) is 0 Å². The monoisotopic (exact) mass is 834 g/mol. The third kappa shape index (κ3) is 9.33. The van der Waals surface area contributed by atoms with Gasteiger partial charge >= 0.3 is 24.7 Å². The Bertz CT molecular complexity index is 1950. The average molecular weight is 835 g/mol. The van der Waals surface area contributed by atoms with E-state index in [1.54, 1.807) is 12.1 Å². The van der Waals surface area contributed by atoms with Gasteiger partial charge in [-0.3, -0.25) is 0 Å². The van der Waals surface area contributed by atoms with Gasteiger partial charge in [0.15, 0.2) is 10.2 Å². The highest BCUT2D eigenvalue weighted by Crippen LogP contribution is 2.46. The Kier molecular flexibility index (Phi) is 11.3. The van der Waals surface area contributed by atoms with Crippen molar-refractivity contribution in [2.75, 3.05) is 21.3 Å². The summed E-state index contributed by atoms with van der Waals surface area (Å²) in [5, 5.41) is 10.2. The zero-order valence-corrected chi connectivity index (χ0v) is 30.4. The molecule has 0 saturated heterocycles. The molecule has 4 nitrogen and oxygen atoms in total. The zero-order valence-electron chi connectivity index (χ0n) is 28.8. The molecule has 4 N–H and O–H groups in total. The molecule has 2 aliphatic rings. The summed E-state index contributed by atoms with van der Waals surface area (Å²) in [5.41, 5.74) is -1.66. The molecule has 4 aromatic carbocycles. The predicted molar refractivity (Wildman–Crippen MR) is 198 cm³/mol. The number of alkyl halides is 12. The summed E-state index contributed by atoms with van der Waals surface area (Å²) in [6.07, 6.45) is -14.5. The van der Waals surface area contributed by atoms with E-state index in [0.717, 1.165) is 47.9 Å². The first-order valence-electron chi connectivity index (χ1n) is 17.1. The number of hydrogen-bond acceptors (Lipinski definition) is 2. The van der Waals surface area contributed by atoms with Crippen molar-refractivity contribution >= 4 is 57.4 Å². The Labute approximate surface area is 323 Å². The smallest absolute Gasteiger partial charge is 0.332 e. The second kappa shape index (κ2) is 15.4. The number of hydrogen-bond donors (Lipinski definition) is 4. The normalized spacial score (nSPS) is 14.7. The number of thiocarbonyl (C=S) groups is 2. The standard InChI is InChI=1S/C38H30F12N4S2/c39-35(40,41)21-13-22(36(42,43)44)16-25(15-21)51-33(55)53-29-11-9-19-5-1-3-7-27(19)31(29)32-28-8-4-2-6-20(28)10-12-30(32)54-34(56)52-26-17-23(37(45,46)47)14-24(18-26)38(48,49)50/h9-18H,1-8H2,(H2,51,53,55)(H2,52,54,56). The summed E-state index contributed by atoms with van der Waals surface area (Å²) in [6, 6.07) is 9.06. The number of halogens is 12. The molecule has 0 spiro atoms. The number of nitrogens with one attached hydrogen (secondary N) is 4. The van der Waals surface area contributed by atoms with E-state index in [2.05, 4.69) is 21.3 Å². The van der Waals surface area contributed by atoms with Crippen molar-refractivity contribution in [1.82, 2.24) is 0 Å². The molecule has 0 radical (unpaired) electrons. The SMILES string of the molecule is FC(F)(F)c1cc(NC(=S)Nc2ccc3c(c2-c2c(NC(=S)Nc4cc(C(F)(F)F)cc(C(F)(F)F)c4)ccc4c2CCCC4)CCCC3)cc(C(F)(F)F)c1. The quantitative estimate of drug-likeness (QED) is 0.119. The van der Waals surface area contributed by atoms with Crippen LogP contribution >= 0.6 is 24.4 Å². The fourth-order valence-electron chi connectivity index (χ4n) is 7.06. The van der Waals surface area contributed by atoms with Gasteiger partial charge in [0.25, 0.3) is 0 Å². The van der Waals surface area contributed by atoms with Gasteiger partial charge in [0.1, 0.15) is 0 Å². The van der Waals surface area contributed by atoms with Crippen molar-refractivity contribution in [1.29, 1.82) is 0 Å². The van der Waals surface area contributed by atoms with Crippen LogP contribution in [0.15, 0.2) is 60.7 Å². The van der Waals surface area contributed by atoms with Gasteiger partial charge in [-0.1, -0.05) is 12.1 Å². The van der Waals surface area contributed by atoms with Crippen LogP contribution in [0.25, 0.3) is 11.1 Å². The first kappa shape index (κ1) is 41.1. The number of aryl methyl sites for hydroxylation is 2. The highest BCUT2D eigenvalue weighted by atomic mass is 32.1. The minimum Gasteiger partial charge on any atom is -0.332 e. The molecular formula is C38H30F12N4S2. The van der Waals surface area contributed by atoms with Gasteiger partial charge in [0.05, 0.1) is 22.3 Å². The van der Waals surface area contributed by atoms with E-state index in [0.29, 0.717) is 72.5 Å². The molecule has 4 aromatic rings. The lowest BCUT2D eigenvalue weighted by Crippen LogP contribution is -2.23. The van der Waals surface area contributed by atoms with Crippen LogP contribution in [0.3, 0.4) is 0 Å². The Morgan fingerprint density at radius 3 is 1.02 bits per heavy atom. The minimum atomic E-state index is -5.09. The third-order valence-electron chi connectivity index (χ3n) is 9.50. The first-order chi connectivity index (χ1) is 26.1. The van der Waals surface area contributed by atoms with Gasteiger partial charge in [-0.2, -0.15) is 52.7 Å². The Balaban J connectivity index is 1.41. The van der Waals surface area contributed by atoms with E-state index in [9.17, 15) is 52.7 Å². The fourth-order valence-corrected chi connectivity index (χ4v) is 7.51. The lowest BCUT2D eigenvalue weighted by atomic mass is 9.79. The largest absolute Gasteiger partial charge is 0.416 e. The molecule has 18 heteroatoms. The second-order valence-electron chi connectivity index (χ2n) is 13.4. The van der Waals surface area contributed by atoms with Crippen molar-refractivity contribution in [3.8, 4) is 11.1 Å². The fraction of sp³-hybridized carbons (Fsp3) is 0.316. The molecular weight excluding hydrogens is 805 g/mol. The molecule has 2 aliphatic carbocycles. The highest BCUT2D eigenvalue weighted by molar-refractivity contribution is 7.81. The third-order valence-corrected chi connectivity index (χ3v) is 9.91. The molecule has 0 atom stereocenters. The second-order valence-corrected chi connectivity index (χ2v) is 14.2. The molecule has 0 aromatic heterocycles. The molecule has 298 valence electrons. The molecule has 0 unspecified atom stereocenters. The van der Waals surface area contributed by atoms with Crippen molar-refractivity contribution in [2.24, 2.45) is 0 Å². The molecule has 0 fully saturated rings. The van der Waals surface area contributed by atoms with Gasteiger partial charge in [0, 0.05) is 33.9 Å². The molecule has 0 amide bonds. The molecule has 0 bridgehead atoms. The van der Waals surface area contributed by atoms with Crippen LogP contribution in [0.4, 0.5) is 75.4 Å². The van der Waals surface area contributed by atoms with Crippen LogP contribution in [-0.4, -0.2) is 10.2 Å². The zero-order chi connectivity index (χ0) is 40.8. The maximum absolute atomic E-state index is 13.6. The van der Waals surface area contributed by atoms with Crippen LogP contribution in [-0.2, 0) is 50.4 Å². The van der Waals surface area contributed by atoms with E-state index >= 15 is 0 Å². The van der Waals surface area contributed by atoms with Crippen molar-refractivity contribution in [3.63, 3.8) is 0 Å². The highest BCUT2D eigenvalue weighted by Gasteiger charge is 2.38. The van der Waals surface area contributed by atoms with Crippen molar-refractivity contribution < 1.29 is 52.7 Å². The Hall–Kier alpha value is -4.58. The summed E-state index contributed by atoms with van der Waals surface area (Å²) in [7, 11) is 0. The molecule has 0 aliphatic heterocycles. The average Bonchev–Trinajstić information content (AvgIpc) is 3.10. The maximum Gasteiger partial charge on any atom is 0.416 e. The number of anilines is 4. The van der Waals surface area contributed by atoms with Crippen LogP contribution in [0.1, 0.15) is 70.2 Å². The van der Waals surface area contributed by atoms with Crippen molar-refractivity contribution in [3.05, 3.63) is 105 Å². The Morgan fingerprint density at radius 1 is 0.411 bits per heavy atom. The van der Waals surface area contributed by atoms with Gasteiger partial charge in [-0.15, -0.1) is 0 Å². The van der Waals surface area contributed by atoms with E-state index < -0.39 is 58.3 Å². The van der Waals surface area contributed by atoms with E-state index in [4.69, 9.17) is 24.4 Å². The lowest BCUT2D eigenvalue weighted by molar-refractivity contribution is -0.144. The van der Waals surface area contributed by atoms with Gasteiger partial charge in [0.2, 0.25) is 0 Å². The minimum absolute atomic E-state index is 0.00211. The molecule has 6 rings (SSSR count). The molecule has 0 saturated carbocycles. The molecule has 56 heavy (non-hydrogen) atoms. The Morgan fingerprint density at radius 2 is 0.714 bits per heavy atom. The summed E-state index contributed by atoms with van der Waals surface area (Å²) >= 11 is 10.9. The summed E-state index contributed by atoms with van der Waals surface area (Å²) in [6.45, 7) is 0. The summed E-state index contributed by atoms with van der Waals surface area (Å²) < 4.78 is 163. The maximum atomic E-state index is 13.6. The summed E-state index contributed by atoms with van der Waals surface area (Å²) in [5.74, 6) is 0. The number of benzene rings is 4. The van der Waals surface area contributed by atoms with Crippen molar-refractivity contribution in [2.45, 2.75) is 76.1 Å². The van der Waals surface area contributed by atoms with Crippen LogP contribution in [0, 0.1) is 0 Å². The van der Waals surface area contributed by atoms with E-state index in [1.807, 2.05) is 12.1 Å². The number of rotatable bonds is 5. The van der Waals surface area contributed by atoms with Crippen LogP contribution < -0.4 is 21.3 Å². The van der Waals surface area contributed by atoms with Crippen LogP contribution in [0.5, 0.6) is 0 Å².